The lowest BCUT2D eigenvalue weighted by molar-refractivity contribution is 0.0946. The molecular formula is C18H22N4O3. The molecule has 2 amide bonds. The summed E-state index contributed by atoms with van der Waals surface area (Å²) in [7, 11) is 5.43. The van der Waals surface area contributed by atoms with Gasteiger partial charge in [0.05, 0.1) is 7.11 Å². The lowest BCUT2D eigenvalue weighted by Gasteiger charge is -2.10. The molecule has 2 aromatic rings. The predicted octanol–water partition coefficient (Wildman–Crippen LogP) is 1.63. The molecule has 0 fully saturated rings. The molecular weight excluding hydrogens is 320 g/mol. The molecule has 0 spiro atoms. The van der Waals surface area contributed by atoms with E-state index in [2.05, 4.69) is 15.6 Å². The van der Waals surface area contributed by atoms with Crippen LogP contribution in [0.3, 0.4) is 0 Å². The number of hydrogen-bond acceptors (Lipinski definition) is 5. The fourth-order valence-electron chi connectivity index (χ4n) is 2.04. The highest BCUT2D eigenvalue weighted by molar-refractivity contribution is 6.03. The van der Waals surface area contributed by atoms with Crippen LogP contribution in [-0.2, 0) is 0 Å². The largest absolute Gasteiger partial charge is 0.497 e. The smallest absolute Gasteiger partial charge is 0.274 e. The summed E-state index contributed by atoms with van der Waals surface area (Å²) in [4.78, 5) is 30.5. The molecule has 132 valence electrons. The molecule has 2 N–H and O–H groups in total. The average Bonchev–Trinajstić information content (AvgIpc) is 2.62. The first kappa shape index (κ1) is 18.4. The Kier molecular flexibility index (Phi) is 6.47. The van der Waals surface area contributed by atoms with Crippen molar-refractivity contribution in [2.75, 3.05) is 39.6 Å². The zero-order valence-electron chi connectivity index (χ0n) is 14.6. The number of benzene rings is 1. The summed E-state index contributed by atoms with van der Waals surface area (Å²) >= 11 is 0. The Morgan fingerprint density at radius 1 is 1.04 bits per heavy atom. The molecule has 2 rings (SSSR count). The van der Waals surface area contributed by atoms with E-state index in [-0.39, 0.29) is 23.2 Å². The van der Waals surface area contributed by atoms with Crippen molar-refractivity contribution >= 4 is 17.5 Å². The highest BCUT2D eigenvalue weighted by Gasteiger charge is 2.12. The van der Waals surface area contributed by atoms with Gasteiger partial charge in [0.15, 0.2) is 0 Å². The van der Waals surface area contributed by atoms with Gasteiger partial charge >= 0.3 is 0 Å². The molecule has 0 unspecified atom stereocenters. The van der Waals surface area contributed by atoms with E-state index >= 15 is 0 Å². The van der Waals surface area contributed by atoms with E-state index in [0.717, 1.165) is 6.54 Å². The van der Waals surface area contributed by atoms with Gasteiger partial charge in [0.1, 0.15) is 17.1 Å². The molecule has 1 aromatic heterocycles. The topological polar surface area (TPSA) is 83.6 Å². The van der Waals surface area contributed by atoms with Gasteiger partial charge in [0, 0.05) is 18.8 Å². The summed E-state index contributed by atoms with van der Waals surface area (Å²) in [6.45, 7) is 1.24. The van der Waals surface area contributed by atoms with Crippen LogP contribution >= 0.6 is 0 Å². The first-order valence-corrected chi connectivity index (χ1v) is 7.85. The van der Waals surface area contributed by atoms with Crippen LogP contribution in [0.4, 0.5) is 5.69 Å². The Balaban J connectivity index is 2.01. The van der Waals surface area contributed by atoms with Crippen molar-refractivity contribution in [2.45, 2.75) is 0 Å². The van der Waals surface area contributed by atoms with Crippen LogP contribution in [0.25, 0.3) is 0 Å². The molecule has 25 heavy (non-hydrogen) atoms. The zero-order valence-corrected chi connectivity index (χ0v) is 14.6. The zero-order chi connectivity index (χ0) is 18.2. The van der Waals surface area contributed by atoms with Crippen LogP contribution in [0.1, 0.15) is 21.0 Å². The van der Waals surface area contributed by atoms with Gasteiger partial charge in [-0.2, -0.15) is 0 Å². The number of ether oxygens (including phenoxy) is 1. The van der Waals surface area contributed by atoms with Crippen molar-refractivity contribution in [3.8, 4) is 5.75 Å². The van der Waals surface area contributed by atoms with E-state index in [4.69, 9.17) is 4.74 Å². The van der Waals surface area contributed by atoms with Crippen molar-refractivity contribution in [1.29, 1.82) is 0 Å². The Morgan fingerprint density at radius 2 is 1.68 bits per heavy atom. The molecule has 0 aliphatic heterocycles. The highest BCUT2D eigenvalue weighted by Crippen LogP contribution is 2.15. The summed E-state index contributed by atoms with van der Waals surface area (Å²) < 4.78 is 5.08. The van der Waals surface area contributed by atoms with Crippen LogP contribution in [0.2, 0.25) is 0 Å². The van der Waals surface area contributed by atoms with E-state index in [1.165, 1.54) is 0 Å². The Bertz CT molecular complexity index is 729. The molecule has 1 heterocycles. The van der Waals surface area contributed by atoms with Crippen LogP contribution in [0.15, 0.2) is 42.5 Å². The van der Waals surface area contributed by atoms with Gasteiger partial charge in [-0.3, -0.25) is 9.59 Å². The second kappa shape index (κ2) is 8.79. The van der Waals surface area contributed by atoms with E-state index in [1.807, 2.05) is 19.0 Å². The summed E-state index contributed by atoms with van der Waals surface area (Å²) in [6, 6.07) is 11.7. The molecule has 0 bridgehead atoms. The van der Waals surface area contributed by atoms with Crippen LogP contribution in [-0.4, -0.2) is 56.0 Å². The van der Waals surface area contributed by atoms with E-state index in [1.54, 1.807) is 49.6 Å². The van der Waals surface area contributed by atoms with Gasteiger partial charge in [-0.15, -0.1) is 0 Å². The Hall–Kier alpha value is -2.93. The number of anilines is 1. The molecule has 0 aliphatic carbocycles. The third-order valence-electron chi connectivity index (χ3n) is 3.41. The standard InChI is InChI=1S/C18H22N4O3/c1-22(2)12-11-19-17(23)15-5-4-6-16(21-15)18(24)20-13-7-9-14(25-3)10-8-13/h4-10H,11-12H2,1-3H3,(H,19,23)(H,20,24). The molecule has 1 aromatic carbocycles. The summed E-state index contributed by atoms with van der Waals surface area (Å²) in [5, 5.41) is 5.51. The second-order valence-electron chi connectivity index (χ2n) is 5.65. The van der Waals surface area contributed by atoms with Gasteiger partial charge in [0.2, 0.25) is 0 Å². The van der Waals surface area contributed by atoms with Gasteiger partial charge < -0.3 is 20.3 Å². The van der Waals surface area contributed by atoms with Gasteiger partial charge in [0.25, 0.3) is 11.8 Å². The molecule has 0 aliphatic rings. The number of rotatable bonds is 7. The first-order valence-electron chi connectivity index (χ1n) is 7.85. The molecule has 0 radical (unpaired) electrons. The number of carbonyl (C=O) groups excluding carboxylic acids is 2. The van der Waals surface area contributed by atoms with E-state index in [0.29, 0.717) is 18.0 Å². The summed E-state index contributed by atoms with van der Waals surface area (Å²) in [5.74, 6) is 0.0153. The van der Waals surface area contributed by atoms with Gasteiger partial charge in [-0.1, -0.05) is 6.07 Å². The highest BCUT2D eigenvalue weighted by atomic mass is 16.5. The van der Waals surface area contributed by atoms with Crippen LogP contribution in [0, 0.1) is 0 Å². The minimum atomic E-state index is -0.381. The number of methoxy groups -OCH3 is 1. The maximum Gasteiger partial charge on any atom is 0.274 e. The number of aromatic nitrogens is 1. The number of carbonyl (C=O) groups is 2. The quantitative estimate of drug-likeness (QED) is 0.799. The number of hydrogen-bond donors (Lipinski definition) is 2. The van der Waals surface area contributed by atoms with Gasteiger partial charge in [-0.25, -0.2) is 4.98 Å². The molecule has 0 atom stereocenters. The Morgan fingerprint density at radius 3 is 2.28 bits per heavy atom. The van der Waals surface area contributed by atoms with E-state index in [9.17, 15) is 9.59 Å². The van der Waals surface area contributed by atoms with Crippen molar-refractivity contribution in [1.82, 2.24) is 15.2 Å². The molecule has 0 saturated carbocycles. The van der Waals surface area contributed by atoms with Crippen molar-refractivity contribution < 1.29 is 14.3 Å². The third kappa shape index (κ3) is 5.58. The first-order chi connectivity index (χ1) is 12.0. The average molecular weight is 342 g/mol. The SMILES string of the molecule is COc1ccc(NC(=O)c2cccc(C(=O)NCCN(C)C)n2)cc1. The van der Waals surface area contributed by atoms with Crippen LogP contribution < -0.4 is 15.4 Å². The normalized spacial score (nSPS) is 10.4. The lowest BCUT2D eigenvalue weighted by atomic mass is 10.2. The van der Waals surface area contributed by atoms with Crippen LogP contribution in [0.5, 0.6) is 5.75 Å². The molecule has 7 heteroatoms. The number of pyridine rings is 1. The third-order valence-corrected chi connectivity index (χ3v) is 3.41. The summed E-state index contributed by atoms with van der Waals surface area (Å²) in [6.07, 6.45) is 0. The molecule has 7 nitrogen and oxygen atoms in total. The number of nitrogens with one attached hydrogen (secondary N) is 2. The minimum absolute atomic E-state index is 0.177. The summed E-state index contributed by atoms with van der Waals surface area (Å²) in [5.41, 5.74) is 1.01. The van der Waals surface area contributed by atoms with Crippen molar-refractivity contribution in [2.24, 2.45) is 0 Å². The number of amides is 2. The van der Waals surface area contributed by atoms with Crippen molar-refractivity contribution in [3.05, 3.63) is 53.9 Å². The number of nitrogens with zero attached hydrogens (tertiary/aromatic N) is 2. The fourth-order valence-corrected chi connectivity index (χ4v) is 2.04. The maximum atomic E-state index is 12.3. The molecule has 0 saturated heterocycles. The van der Waals surface area contributed by atoms with Crippen molar-refractivity contribution in [3.63, 3.8) is 0 Å². The maximum absolute atomic E-state index is 12.3. The second-order valence-corrected chi connectivity index (χ2v) is 5.65. The minimum Gasteiger partial charge on any atom is -0.497 e. The Labute approximate surface area is 147 Å². The monoisotopic (exact) mass is 342 g/mol. The van der Waals surface area contributed by atoms with Gasteiger partial charge in [-0.05, 0) is 50.5 Å². The van der Waals surface area contributed by atoms with E-state index < -0.39 is 0 Å². The predicted molar refractivity (Wildman–Crippen MR) is 96.1 cm³/mol. The fraction of sp³-hybridized carbons (Fsp3) is 0.278. The lowest BCUT2D eigenvalue weighted by Crippen LogP contribution is -2.32. The number of likely N-dealkylation sites (N-methyl/N-ethyl adjacent to an activating group) is 1.